The van der Waals surface area contributed by atoms with Crippen molar-refractivity contribution < 1.29 is 4.74 Å². The summed E-state index contributed by atoms with van der Waals surface area (Å²) in [4.78, 5) is 2.16. The van der Waals surface area contributed by atoms with Crippen LogP contribution in [0.5, 0.6) is 0 Å². The number of hydrogen-bond donors (Lipinski definition) is 0. The van der Waals surface area contributed by atoms with Gasteiger partial charge in [-0.3, -0.25) is 4.57 Å². The van der Waals surface area contributed by atoms with Gasteiger partial charge in [0.25, 0.3) is 0 Å². The highest BCUT2D eigenvalue weighted by Gasteiger charge is 2.24. The van der Waals surface area contributed by atoms with E-state index >= 15 is 0 Å². The van der Waals surface area contributed by atoms with Crippen LogP contribution in [0.25, 0.3) is 23.0 Å². The molecule has 0 amide bonds. The highest BCUT2D eigenvalue weighted by molar-refractivity contribution is 8.93. The molecule has 2 aromatic carbocycles. The van der Waals surface area contributed by atoms with Crippen molar-refractivity contribution in [3.8, 4) is 17.4 Å². The number of halogens is 1. The number of aromatic nitrogens is 4. The Bertz CT molecular complexity index is 1470. The van der Waals surface area contributed by atoms with Gasteiger partial charge in [-0.1, -0.05) is 35.9 Å². The number of anilines is 1. The number of nitrogens with zero attached hydrogens (tertiary/aromatic N) is 6. The molecule has 0 unspecified atom stereocenters. The quantitative estimate of drug-likeness (QED) is 0.291. The molecule has 0 atom stereocenters. The van der Waals surface area contributed by atoms with E-state index in [0.717, 1.165) is 47.4 Å². The third-order valence-electron chi connectivity index (χ3n) is 6.68. The summed E-state index contributed by atoms with van der Waals surface area (Å²) in [5.41, 5.74) is 8.16. The largest absolute Gasteiger partial charge is 0.378 e. The van der Waals surface area contributed by atoms with Crippen molar-refractivity contribution in [2.45, 2.75) is 27.7 Å². The number of allylic oxidation sites excluding steroid dienone is 1. The van der Waals surface area contributed by atoms with E-state index in [9.17, 15) is 5.26 Å². The van der Waals surface area contributed by atoms with Gasteiger partial charge in [-0.2, -0.15) is 5.26 Å². The zero-order valence-corrected chi connectivity index (χ0v) is 23.3. The van der Waals surface area contributed by atoms with Crippen molar-refractivity contribution >= 4 is 34.6 Å². The number of ether oxygens (including phenoxy) is 1. The second kappa shape index (κ2) is 11.2. The number of morpholine rings is 1. The van der Waals surface area contributed by atoms with E-state index in [1.807, 2.05) is 41.0 Å². The Hall–Kier alpha value is -3.67. The van der Waals surface area contributed by atoms with Gasteiger partial charge in [-0.25, -0.2) is 0 Å². The molecule has 2 aromatic heterocycles. The minimum Gasteiger partial charge on any atom is -0.378 e. The van der Waals surface area contributed by atoms with E-state index in [0.29, 0.717) is 24.6 Å². The number of benzene rings is 2. The normalized spacial score (nSPS) is 13.8. The highest BCUT2D eigenvalue weighted by atomic mass is 79.9. The maximum atomic E-state index is 10.3. The SMILES string of the molecule is Br.Cc1ccc(-n2c(C)cc(/C=C(/C#N)c3nnc(N4CCOCC4)n3-c3ccccc3)c2C)c(C)c1. The lowest BCUT2D eigenvalue weighted by Gasteiger charge is -2.28. The Kier molecular flexibility index (Phi) is 7.96. The fourth-order valence-corrected chi connectivity index (χ4v) is 4.90. The average molecular weight is 560 g/mol. The van der Waals surface area contributed by atoms with Crippen LogP contribution in [0, 0.1) is 39.0 Å². The maximum absolute atomic E-state index is 10.3. The summed E-state index contributed by atoms with van der Waals surface area (Å²) < 4.78 is 9.76. The van der Waals surface area contributed by atoms with Gasteiger partial charge in [0, 0.05) is 30.2 Å². The Balaban J connectivity index is 0.00000320. The van der Waals surface area contributed by atoms with Gasteiger partial charge < -0.3 is 14.2 Å². The van der Waals surface area contributed by atoms with Gasteiger partial charge in [0.05, 0.1) is 24.5 Å². The standard InChI is InChI=1S/C29H30N6O.BrH/c1-20-10-11-27(21(2)16-20)34-22(3)17-24(23(34)4)18-25(19-30)28-31-32-29(33-12-14-36-15-13-33)35(28)26-8-6-5-7-9-26;/h5-11,16-18H,12-15H2,1-4H3;1H/b25-18-;. The molecule has 190 valence electrons. The monoisotopic (exact) mass is 558 g/mol. The van der Waals surface area contributed by atoms with E-state index in [-0.39, 0.29) is 17.0 Å². The van der Waals surface area contributed by atoms with Crippen molar-refractivity contribution in [2.24, 2.45) is 0 Å². The van der Waals surface area contributed by atoms with Crippen LogP contribution in [-0.4, -0.2) is 45.6 Å². The van der Waals surface area contributed by atoms with Crippen LogP contribution in [0.15, 0.2) is 54.6 Å². The molecule has 1 fully saturated rings. The second-order valence-corrected chi connectivity index (χ2v) is 9.22. The molecular formula is C29H31BrN6O. The summed E-state index contributed by atoms with van der Waals surface area (Å²) in [5.74, 6) is 1.25. The smallest absolute Gasteiger partial charge is 0.232 e. The van der Waals surface area contributed by atoms with Crippen LogP contribution >= 0.6 is 17.0 Å². The third kappa shape index (κ3) is 5.10. The fraction of sp³-hybridized carbons (Fsp3) is 0.276. The number of aryl methyl sites for hydroxylation is 3. The molecule has 1 aliphatic heterocycles. The van der Waals surface area contributed by atoms with Crippen molar-refractivity contribution in [3.63, 3.8) is 0 Å². The molecule has 0 bridgehead atoms. The topological polar surface area (TPSA) is 71.9 Å². The average Bonchev–Trinajstić information content (AvgIpc) is 3.45. The van der Waals surface area contributed by atoms with Gasteiger partial charge in [0.1, 0.15) is 6.07 Å². The van der Waals surface area contributed by atoms with Crippen LogP contribution in [0.1, 0.15) is 33.9 Å². The maximum Gasteiger partial charge on any atom is 0.232 e. The van der Waals surface area contributed by atoms with Crippen LogP contribution in [0.2, 0.25) is 0 Å². The zero-order valence-electron chi connectivity index (χ0n) is 21.6. The molecule has 7 nitrogen and oxygen atoms in total. The second-order valence-electron chi connectivity index (χ2n) is 9.22. The summed E-state index contributed by atoms with van der Waals surface area (Å²) in [6.07, 6.45) is 1.93. The highest BCUT2D eigenvalue weighted by Crippen LogP contribution is 2.29. The molecule has 8 heteroatoms. The van der Waals surface area contributed by atoms with Crippen LogP contribution in [0.4, 0.5) is 5.95 Å². The van der Waals surface area contributed by atoms with Crippen molar-refractivity contribution in [1.29, 1.82) is 5.26 Å². The van der Waals surface area contributed by atoms with Crippen molar-refractivity contribution in [3.05, 3.63) is 88.5 Å². The Morgan fingerprint density at radius 1 is 0.946 bits per heavy atom. The molecule has 0 N–H and O–H groups in total. The molecule has 3 heterocycles. The van der Waals surface area contributed by atoms with E-state index in [1.54, 1.807) is 0 Å². The first-order chi connectivity index (χ1) is 17.5. The molecule has 0 aliphatic carbocycles. The first-order valence-corrected chi connectivity index (χ1v) is 12.2. The minimum atomic E-state index is 0. The van der Waals surface area contributed by atoms with E-state index in [2.05, 4.69) is 77.7 Å². The lowest BCUT2D eigenvalue weighted by Crippen LogP contribution is -2.38. The van der Waals surface area contributed by atoms with Gasteiger partial charge in [0.15, 0.2) is 5.82 Å². The molecule has 0 radical (unpaired) electrons. The summed E-state index contributed by atoms with van der Waals surface area (Å²) in [7, 11) is 0. The molecular weight excluding hydrogens is 528 g/mol. The molecule has 0 saturated carbocycles. The van der Waals surface area contributed by atoms with E-state index < -0.39 is 0 Å². The van der Waals surface area contributed by atoms with Gasteiger partial charge >= 0.3 is 0 Å². The molecule has 0 spiro atoms. The first-order valence-electron chi connectivity index (χ1n) is 12.2. The predicted octanol–water partition coefficient (Wildman–Crippen LogP) is 5.77. The number of rotatable bonds is 5. The summed E-state index contributed by atoms with van der Waals surface area (Å²) >= 11 is 0. The van der Waals surface area contributed by atoms with Crippen LogP contribution in [-0.2, 0) is 4.74 Å². The van der Waals surface area contributed by atoms with Crippen LogP contribution in [0.3, 0.4) is 0 Å². The first kappa shape index (κ1) is 26.4. The summed E-state index contributed by atoms with van der Waals surface area (Å²) in [6, 6.07) is 21.0. The van der Waals surface area contributed by atoms with E-state index in [1.165, 1.54) is 11.1 Å². The Labute approximate surface area is 228 Å². The third-order valence-corrected chi connectivity index (χ3v) is 6.68. The number of nitriles is 1. The molecule has 1 aliphatic rings. The number of para-hydroxylation sites is 1. The molecule has 37 heavy (non-hydrogen) atoms. The predicted molar refractivity (Wildman–Crippen MR) is 153 cm³/mol. The Morgan fingerprint density at radius 3 is 2.35 bits per heavy atom. The van der Waals surface area contributed by atoms with Gasteiger partial charge in [-0.05, 0) is 69.2 Å². The summed E-state index contributed by atoms with van der Waals surface area (Å²) in [5, 5.41) is 19.3. The number of hydrogen-bond acceptors (Lipinski definition) is 5. The molecule has 4 aromatic rings. The van der Waals surface area contributed by atoms with E-state index in [4.69, 9.17) is 4.74 Å². The minimum absolute atomic E-state index is 0. The van der Waals surface area contributed by atoms with Crippen molar-refractivity contribution in [2.75, 3.05) is 31.2 Å². The van der Waals surface area contributed by atoms with Crippen LogP contribution < -0.4 is 4.90 Å². The van der Waals surface area contributed by atoms with Gasteiger partial charge in [-0.15, -0.1) is 27.2 Å². The molecule has 1 saturated heterocycles. The lowest BCUT2D eigenvalue weighted by atomic mass is 10.1. The van der Waals surface area contributed by atoms with Crippen molar-refractivity contribution in [1.82, 2.24) is 19.3 Å². The van der Waals surface area contributed by atoms with Gasteiger partial charge in [0.2, 0.25) is 5.95 Å². The Morgan fingerprint density at radius 2 is 1.68 bits per heavy atom. The zero-order chi connectivity index (χ0) is 25.2. The summed E-state index contributed by atoms with van der Waals surface area (Å²) in [6.45, 7) is 11.2. The fourth-order valence-electron chi connectivity index (χ4n) is 4.90. The molecule has 5 rings (SSSR count). The lowest BCUT2D eigenvalue weighted by molar-refractivity contribution is 0.122.